The average molecular weight is 308 g/mol. The van der Waals surface area contributed by atoms with Crippen LogP contribution in [0.5, 0.6) is 0 Å². The summed E-state index contributed by atoms with van der Waals surface area (Å²) in [5.74, 6) is 0. The summed E-state index contributed by atoms with van der Waals surface area (Å²) < 4.78 is 11.2. The van der Waals surface area contributed by atoms with Crippen LogP contribution in [0.15, 0.2) is 0 Å². The maximum Gasteiger partial charge on any atom is 0.412 e. The molecule has 0 radical (unpaired) electrons. The van der Waals surface area contributed by atoms with Gasteiger partial charge < -0.3 is 9.47 Å². The second-order valence-electron chi connectivity index (χ2n) is 5.84. The Kier molecular flexibility index (Phi) is 4.14. The Morgan fingerprint density at radius 2 is 2.00 bits per heavy atom. The molecule has 0 bridgehead atoms. The molecule has 100 valence electrons. The van der Waals surface area contributed by atoms with Gasteiger partial charge in [-0.2, -0.15) is 0 Å². The van der Waals surface area contributed by atoms with E-state index in [1.807, 2.05) is 41.5 Å². The van der Waals surface area contributed by atoms with E-state index < -0.39 is 11.3 Å². The number of carbonyl (C=O) groups is 1. The smallest absolute Gasteiger partial charge is 0.412 e. The van der Waals surface area contributed by atoms with Gasteiger partial charge in [-0.15, -0.1) is 0 Å². The normalized spacial score (nSPS) is 28.3. The van der Waals surface area contributed by atoms with E-state index in [1.54, 1.807) is 4.90 Å². The molecule has 0 aliphatic carbocycles. The van der Waals surface area contributed by atoms with Gasteiger partial charge in [-0.25, -0.2) is 4.79 Å². The van der Waals surface area contributed by atoms with Crippen molar-refractivity contribution in [2.24, 2.45) is 0 Å². The zero-order valence-electron chi connectivity index (χ0n) is 11.4. The number of hydrogen-bond acceptors (Lipinski definition) is 3. The van der Waals surface area contributed by atoms with Crippen LogP contribution in [0.1, 0.15) is 41.5 Å². The molecule has 0 aromatic heterocycles. The first-order chi connectivity index (χ1) is 7.58. The Balaban J connectivity index is 2.89. The molecular weight excluding hydrogens is 286 g/mol. The molecule has 5 heteroatoms. The van der Waals surface area contributed by atoms with Gasteiger partial charge in [0.15, 0.2) is 0 Å². The molecule has 1 saturated heterocycles. The standard InChI is InChI=1S/C12H22BrNO3/c1-8-9(7-13)14(12(5,6)16-8)10(15)17-11(2,3)4/h8-9H,7H2,1-6H3/t8-,9-/m0/s1. The fourth-order valence-electron chi connectivity index (χ4n) is 2.06. The lowest BCUT2D eigenvalue weighted by Crippen LogP contribution is -2.50. The van der Waals surface area contributed by atoms with Gasteiger partial charge in [0.2, 0.25) is 0 Å². The first-order valence-corrected chi connectivity index (χ1v) is 6.97. The third kappa shape index (κ3) is 3.35. The fraction of sp³-hybridized carbons (Fsp3) is 0.917. The van der Waals surface area contributed by atoms with E-state index in [0.717, 1.165) is 0 Å². The first-order valence-electron chi connectivity index (χ1n) is 5.84. The fourth-order valence-corrected chi connectivity index (χ4v) is 2.88. The van der Waals surface area contributed by atoms with Gasteiger partial charge in [0.1, 0.15) is 11.3 Å². The molecule has 0 N–H and O–H groups in total. The minimum atomic E-state index is -0.625. The summed E-state index contributed by atoms with van der Waals surface area (Å²) in [5.41, 5.74) is -1.12. The van der Waals surface area contributed by atoms with E-state index in [9.17, 15) is 4.79 Å². The molecule has 0 aromatic carbocycles. The van der Waals surface area contributed by atoms with E-state index in [2.05, 4.69) is 15.9 Å². The van der Waals surface area contributed by atoms with E-state index >= 15 is 0 Å². The lowest BCUT2D eigenvalue weighted by atomic mass is 10.2. The van der Waals surface area contributed by atoms with Crippen LogP contribution in [0.2, 0.25) is 0 Å². The summed E-state index contributed by atoms with van der Waals surface area (Å²) in [7, 11) is 0. The van der Waals surface area contributed by atoms with Crippen molar-refractivity contribution in [2.45, 2.75) is 65.0 Å². The third-order valence-corrected chi connectivity index (χ3v) is 3.34. The summed E-state index contributed by atoms with van der Waals surface area (Å²) in [5, 5.41) is 0.677. The molecule has 2 atom stereocenters. The summed E-state index contributed by atoms with van der Waals surface area (Å²) in [6.07, 6.45) is -0.326. The maximum absolute atomic E-state index is 12.2. The third-order valence-electron chi connectivity index (χ3n) is 2.68. The van der Waals surface area contributed by atoms with Gasteiger partial charge in [0.05, 0.1) is 12.1 Å². The van der Waals surface area contributed by atoms with Crippen LogP contribution in [0.25, 0.3) is 0 Å². The van der Waals surface area contributed by atoms with E-state index in [0.29, 0.717) is 5.33 Å². The summed E-state index contributed by atoms with van der Waals surface area (Å²) in [4.78, 5) is 13.9. The molecule has 17 heavy (non-hydrogen) atoms. The zero-order chi connectivity index (χ0) is 13.4. The second kappa shape index (κ2) is 4.76. The van der Waals surface area contributed by atoms with Crippen molar-refractivity contribution in [3.05, 3.63) is 0 Å². The van der Waals surface area contributed by atoms with Crippen molar-refractivity contribution in [2.75, 3.05) is 5.33 Å². The predicted octanol–water partition coefficient (Wildman–Crippen LogP) is 3.14. The predicted molar refractivity (Wildman–Crippen MR) is 70.3 cm³/mol. The number of ether oxygens (including phenoxy) is 2. The highest BCUT2D eigenvalue weighted by molar-refractivity contribution is 9.09. The SMILES string of the molecule is C[C@@H]1OC(C)(C)N(C(=O)OC(C)(C)C)[C@H]1CBr. The summed E-state index contributed by atoms with van der Waals surface area (Å²) >= 11 is 3.43. The molecule has 0 unspecified atom stereocenters. The number of carbonyl (C=O) groups excluding carboxylic acids is 1. The van der Waals surface area contributed by atoms with Crippen molar-refractivity contribution in [1.29, 1.82) is 0 Å². The van der Waals surface area contributed by atoms with Crippen molar-refractivity contribution in [3.8, 4) is 0 Å². The molecule has 0 spiro atoms. The van der Waals surface area contributed by atoms with Gasteiger partial charge in [0.25, 0.3) is 0 Å². The van der Waals surface area contributed by atoms with Crippen molar-refractivity contribution < 1.29 is 14.3 Å². The Labute approximate surface area is 112 Å². The van der Waals surface area contributed by atoms with Crippen LogP contribution >= 0.6 is 15.9 Å². The minimum absolute atomic E-state index is 0.000139. The molecule has 4 nitrogen and oxygen atoms in total. The van der Waals surface area contributed by atoms with Crippen LogP contribution in [-0.2, 0) is 9.47 Å². The molecule has 1 aliphatic heterocycles. The van der Waals surface area contributed by atoms with Crippen LogP contribution in [0, 0.1) is 0 Å². The van der Waals surface area contributed by atoms with E-state index in [4.69, 9.17) is 9.47 Å². The molecular formula is C12H22BrNO3. The quantitative estimate of drug-likeness (QED) is 0.699. The number of rotatable bonds is 1. The van der Waals surface area contributed by atoms with Gasteiger partial charge in [-0.3, -0.25) is 4.90 Å². The Morgan fingerprint density at radius 1 is 1.47 bits per heavy atom. The highest BCUT2D eigenvalue weighted by Gasteiger charge is 2.48. The molecule has 1 rings (SSSR count). The Morgan fingerprint density at radius 3 is 2.41 bits per heavy atom. The molecule has 1 amide bonds. The van der Waals surface area contributed by atoms with Crippen molar-refractivity contribution >= 4 is 22.0 Å². The monoisotopic (exact) mass is 307 g/mol. The summed E-state index contributed by atoms with van der Waals surface area (Å²) in [6, 6.07) is -0.000139. The Hall–Kier alpha value is -0.290. The molecule has 0 saturated carbocycles. The van der Waals surface area contributed by atoms with Gasteiger partial charge in [0, 0.05) is 5.33 Å². The summed E-state index contributed by atoms with van der Waals surface area (Å²) in [6.45, 7) is 11.3. The van der Waals surface area contributed by atoms with E-state index in [1.165, 1.54) is 0 Å². The number of amides is 1. The Bertz CT molecular complexity index is 299. The molecule has 0 aromatic rings. The minimum Gasteiger partial charge on any atom is -0.444 e. The molecule has 1 fully saturated rings. The topological polar surface area (TPSA) is 38.8 Å². The first kappa shape index (κ1) is 14.8. The second-order valence-corrected chi connectivity index (χ2v) is 6.49. The molecule has 1 aliphatic rings. The highest BCUT2D eigenvalue weighted by Crippen LogP contribution is 2.34. The number of alkyl halides is 1. The number of nitrogens with zero attached hydrogens (tertiary/aromatic N) is 1. The molecule has 1 heterocycles. The van der Waals surface area contributed by atoms with Crippen LogP contribution in [-0.4, -0.2) is 39.8 Å². The van der Waals surface area contributed by atoms with Crippen LogP contribution < -0.4 is 0 Å². The van der Waals surface area contributed by atoms with E-state index in [-0.39, 0.29) is 18.2 Å². The largest absolute Gasteiger partial charge is 0.444 e. The lowest BCUT2D eigenvalue weighted by Gasteiger charge is -2.34. The van der Waals surface area contributed by atoms with Crippen LogP contribution in [0.3, 0.4) is 0 Å². The van der Waals surface area contributed by atoms with Gasteiger partial charge in [-0.1, -0.05) is 15.9 Å². The number of hydrogen-bond donors (Lipinski definition) is 0. The maximum atomic E-state index is 12.2. The van der Waals surface area contributed by atoms with Gasteiger partial charge >= 0.3 is 6.09 Å². The van der Waals surface area contributed by atoms with Crippen LogP contribution in [0.4, 0.5) is 4.79 Å². The average Bonchev–Trinajstić information content (AvgIpc) is 2.31. The highest BCUT2D eigenvalue weighted by atomic mass is 79.9. The van der Waals surface area contributed by atoms with Crippen molar-refractivity contribution in [1.82, 2.24) is 4.90 Å². The lowest BCUT2D eigenvalue weighted by molar-refractivity contribution is -0.0753. The number of halogens is 1. The zero-order valence-corrected chi connectivity index (χ0v) is 13.0. The van der Waals surface area contributed by atoms with Gasteiger partial charge in [-0.05, 0) is 41.5 Å². The van der Waals surface area contributed by atoms with Crippen molar-refractivity contribution in [3.63, 3.8) is 0 Å².